The first kappa shape index (κ1) is 13.4. The van der Waals surface area contributed by atoms with Gasteiger partial charge >= 0.3 is 0 Å². The molecule has 0 spiro atoms. The number of hydrogen-bond acceptors (Lipinski definition) is 4. The van der Waals surface area contributed by atoms with Gasteiger partial charge in [0.25, 0.3) is 5.91 Å². The number of aliphatic hydroxyl groups is 1. The van der Waals surface area contributed by atoms with Crippen molar-refractivity contribution in [3.8, 4) is 0 Å². The van der Waals surface area contributed by atoms with Crippen LogP contribution in [0.1, 0.15) is 17.4 Å². The lowest BCUT2D eigenvalue weighted by molar-refractivity contribution is 0.0948. The van der Waals surface area contributed by atoms with Gasteiger partial charge < -0.3 is 20.7 Å². The largest absolute Gasteiger partial charge is 0.392 e. The summed E-state index contributed by atoms with van der Waals surface area (Å²) in [6.45, 7) is 3.16. The maximum absolute atomic E-state index is 11.5. The van der Waals surface area contributed by atoms with Gasteiger partial charge in [-0.15, -0.1) is 0 Å². The zero-order valence-electron chi connectivity index (χ0n) is 9.69. The van der Waals surface area contributed by atoms with Crippen LogP contribution in [0, 0.1) is 0 Å². The highest BCUT2D eigenvalue weighted by atomic mass is 16.3. The van der Waals surface area contributed by atoms with Crippen molar-refractivity contribution < 1.29 is 9.90 Å². The first-order chi connectivity index (χ1) is 8.09. The van der Waals surface area contributed by atoms with Crippen LogP contribution in [0.25, 0.3) is 0 Å². The minimum Gasteiger partial charge on any atom is -0.392 e. The van der Waals surface area contributed by atoms with Crippen LogP contribution in [-0.4, -0.2) is 41.7 Å². The third-order valence-electron chi connectivity index (χ3n) is 2.04. The van der Waals surface area contributed by atoms with Crippen LogP contribution >= 0.6 is 0 Å². The topological polar surface area (TPSA) is 94.2 Å². The Hall–Kier alpha value is -1.66. The number of aromatic nitrogens is 1. The Kier molecular flexibility index (Phi) is 5.38. The molecule has 0 aliphatic heterocycles. The van der Waals surface area contributed by atoms with Crippen LogP contribution in [0.15, 0.2) is 23.0 Å². The maximum atomic E-state index is 11.5. The van der Waals surface area contributed by atoms with E-state index in [1.807, 2.05) is 0 Å². The maximum Gasteiger partial charge on any atom is 0.267 e. The minimum atomic E-state index is -0.406. The first-order valence-corrected chi connectivity index (χ1v) is 5.46. The fourth-order valence-electron chi connectivity index (χ4n) is 1.25. The van der Waals surface area contributed by atoms with E-state index in [0.29, 0.717) is 19.6 Å². The third-order valence-corrected chi connectivity index (χ3v) is 2.04. The lowest BCUT2D eigenvalue weighted by Gasteiger charge is -2.07. The van der Waals surface area contributed by atoms with E-state index in [0.717, 1.165) is 0 Å². The third kappa shape index (κ3) is 5.28. The minimum absolute atomic E-state index is 0.244. The number of rotatable bonds is 6. The molecule has 0 radical (unpaired) electrons. The molecule has 94 valence electrons. The lowest BCUT2D eigenvalue weighted by Crippen LogP contribution is -2.35. The highest BCUT2D eigenvalue weighted by Gasteiger charge is 2.04. The zero-order chi connectivity index (χ0) is 12.7. The van der Waals surface area contributed by atoms with Crippen molar-refractivity contribution in [3.05, 3.63) is 34.2 Å². The summed E-state index contributed by atoms with van der Waals surface area (Å²) in [5, 5.41) is 14.6. The second-order valence-electron chi connectivity index (χ2n) is 3.74. The normalized spacial score (nSPS) is 12.1. The van der Waals surface area contributed by atoms with E-state index in [-0.39, 0.29) is 17.2 Å². The second-order valence-corrected chi connectivity index (χ2v) is 3.74. The summed E-state index contributed by atoms with van der Waals surface area (Å²) in [7, 11) is 0. The van der Waals surface area contributed by atoms with Gasteiger partial charge in [0.05, 0.1) is 6.10 Å². The van der Waals surface area contributed by atoms with Gasteiger partial charge in [0, 0.05) is 25.7 Å². The predicted molar refractivity (Wildman–Crippen MR) is 63.9 cm³/mol. The molecule has 1 unspecified atom stereocenters. The fraction of sp³-hybridized carbons (Fsp3) is 0.455. The molecule has 0 saturated carbocycles. The molecule has 1 aromatic heterocycles. The van der Waals surface area contributed by atoms with Crippen LogP contribution in [0.3, 0.4) is 0 Å². The van der Waals surface area contributed by atoms with Crippen LogP contribution < -0.4 is 16.2 Å². The zero-order valence-corrected chi connectivity index (χ0v) is 9.69. The Balaban J connectivity index is 2.28. The average molecular weight is 239 g/mol. The summed E-state index contributed by atoms with van der Waals surface area (Å²) < 4.78 is 0. The molecule has 0 aromatic carbocycles. The number of aromatic amines is 1. The van der Waals surface area contributed by atoms with Crippen LogP contribution in [0.2, 0.25) is 0 Å². The Morgan fingerprint density at radius 2 is 2.24 bits per heavy atom. The van der Waals surface area contributed by atoms with Crippen molar-refractivity contribution >= 4 is 5.91 Å². The van der Waals surface area contributed by atoms with Gasteiger partial charge in [0.15, 0.2) is 0 Å². The molecule has 1 rings (SSSR count). The highest BCUT2D eigenvalue weighted by molar-refractivity contribution is 5.92. The monoisotopic (exact) mass is 239 g/mol. The van der Waals surface area contributed by atoms with Gasteiger partial charge in [-0.05, 0) is 13.0 Å². The number of hydrogen-bond donors (Lipinski definition) is 4. The number of amides is 1. The average Bonchev–Trinajstić information content (AvgIpc) is 2.28. The molecule has 0 fully saturated rings. The SMILES string of the molecule is CC(O)CNCCNC(=O)c1cccc(=O)[nH]1. The smallest absolute Gasteiger partial charge is 0.267 e. The molecule has 1 heterocycles. The summed E-state index contributed by atoms with van der Waals surface area (Å²) >= 11 is 0. The molecule has 0 saturated heterocycles. The highest BCUT2D eigenvalue weighted by Crippen LogP contribution is 1.88. The Bertz CT molecular complexity index is 414. The van der Waals surface area contributed by atoms with Crippen molar-refractivity contribution in [1.82, 2.24) is 15.6 Å². The molecule has 0 aliphatic carbocycles. The van der Waals surface area contributed by atoms with Gasteiger partial charge in [-0.3, -0.25) is 9.59 Å². The number of carbonyl (C=O) groups is 1. The first-order valence-electron chi connectivity index (χ1n) is 5.46. The quantitative estimate of drug-likeness (QED) is 0.483. The molecular formula is C11H17N3O3. The fourth-order valence-corrected chi connectivity index (χ4v) is 1.25. The summed E-state index contributed by atoms with van der Waals surface area (Å²) in [4.78, 5) is 24.9. The standard InChI is InChI=1S/C11H17N3O3/c1-8(15)7-12-5-6-13-11(17)9-3-2-4-10(16)14-9/h2-4,8,12,15H,5-7H2,1H3,(H,13,17)(H,14,16). The summed E-state index contributed by atoms with van der Waals surface area (Å²) in [6, 6.07) is 4.42. The van der Waals surface area contributed by atoms with E-state index >= 15 is 0 Å². The van der Waals surface area contributed by atoms with Crippen LogP contribution in [0.4, 0.5) is 0 Å². The molecule has 6 nitrogen and oxygen atoms in total. The van der Waals surface area contributed by atoms with E-state index in [4.69, 9.17) is 5.11 Å². The lowest BCUT2D eigenvalue weighted by atomic mass is 10.3. The number of pyridine rings is 1. The molecule has 0 bridgehead atoms. The molecule has 6 heteroatoms. The summed E-state index contributed by atoms with van der Waals surface area (Å²) in [5.74, 6) is -0.318. The van der Waals surface area contributed by atoms with Gasteiger partial charge in [-0.1, -0.05) is 6.07 Å². The van der Waals surface area contributed by atoms with Crippen molar-refractivity contribution in [2.45, 2.75) is 13.0 Å². The number of carbonyl (C=O) groups excluding carboxylic acids is 1. The van der Waals surface area contributed by atoms with E-state index in [1.54, 1.807) is 13.0 Å². The predicted octanol–water partition coefficient (Wildman–Crippen LogP) is -0.925. The molecular weight excluding hydrogens is 222 g/mol. The number of nitrogens with one attached hydrogen (secondary N) is 3. The Morgan fingerprint density at radius 1 is 1.47 bits per heavy atom. The van der Waals surface area contributed by atoms with E-state index in [1.165, 1.54) is 12.1 Å². The molecule has 1 atom stereocenters. The van der Waals surface area contributed by atoms with Gasteiger partial charge in [-0.25, -0.2) is 0 Å². The molecule has 0 aliphatic rings. The van der Waals surface area contributed by atoms with Crippen LogP contribution in [-0.2, 0) is 0 Å². The van der Waals surface area contributed by atoms with Crippen molar-refractivity contribution in [2.75, 3.05) is 19.6 Å². The van der Waals surface area contributed by atoms with E-state index < -0.39 is 6.10 Å². The molecule has 1 aromatic rings. The van der Waals surface area contributed by atoms with Crippen LogP contribution in [0.5, 0.6) is 0 Å². The second kappa shape index (κ2) is 6.82. The van der Waals surface area contributed by atoms with Crippen molar-refractivity contribution in [3.63, 3.8) is 0 Å². The Morgan fingerprint density at radius 3 is 2.88 bits per heavy atom. The van der Waals surface area contributed by atoms with Gasteiger partial charge in [0.2, 0.25) is 5.56 Å². The summed E-state index contributed by atoms with van der Waals surface area (Å²) in [6.07, 6.45) is -0.406. The van der Waals surface area contributed by atoms with Gasteiger partial charge in [0.1, 0.15) is 5.69 Å². The number of aliphatic hydroxyl groups excluding tert-OH is 1. The number of H-pyrrole nitrogens is 1. The van der Waals surface area contributed by atoms with Crippen molar-refractivity contribution in [2.24, 2.45) is 0 Å². The van der Waals surface area contributed by atoms with E-state index in [2.05, 4.69) is 15.6 Å². The molecule has 4 N–H and O–H groups in total. The Labute approximate surface area is 99.1 Å². The van der Waals surface area contributed by atoms with Crippen molar-refractivity contribution in [1.29, 1.82) is 0 Å². The molecule has 1 amide bonds. The summed E-state index contributed by atoms with van der Waals surface area (Å²) in [5.41, 5.74) is -0.0575. The van der Waals surface area contributed by atoms with Gasteiger partial charge in [-0.2, -0.15) is 0 Å². The molecule has 17 heavy (non-hydrogen) atoms. The van der Waals surface area contributed by atoms with E-state index in [9.17, 15) is 9.59 Å².